The van der Waals surface area contributed by atoms with Gasteiger partial charge in [0, 0.05) is 6.42 Å². The number of carbonyl (C=O) groups excluding carboxylic acids is 2. The Labute approximate surface area is 521 Å². The highest BCUT2D eigenvalue weighted by Gasteiger charge is 2.47. The average Bonchev–Trinajstić information content (AvgIpc) is 3.17. The van der Waals surface area contributed by atoms with Crippen molar-refractivity contribution in [1.82, 2.24) is 5.32 Å². The molecule has 11 heteroatoms. The van der Waals surface area contributed by atoms with Gasteiger partial charge in [-0.25, -0.2) is 0 Å². The molecule has 0 aliphatic carbocycles. The third kappa shape index (κ3) is 48.7. The van der Waals surface area contributed by atoms with Crippen LogP contribution in [0.4, 0.5) is 0 Å². The molecule has 1 amide bonds. The van der Waals surface area contributed by atoms with Crippen LogP contribution in [0.25, 0.3) is 0 Å². The van der Waals surface area contributed by atoms with Crippen LogP contribution in [-0.4, -0.2) is 99.6 Å². The van der Waals surface area contributed by atoms with Crippen LogP contribution >= 0.6 is 0 Å². The van der Waals surface area contributed by atoms with Crippen LogP contribution in [0, 0.1) is 0 Å². The van der Waals surface area contributed by atoms with E-state index in [9.17, 15) is 35.1 Å². The van der Waals surface area contributed by atoms with E-state index in [4.69, 9.17) is 14.2 Å². The van der Waals surface area contributed by atoms with Crippen molar-refractivity contribution in [2.45, 2.75) is 372 Å². The van der Waals surface area contributed by atoms with Crippen molar-refractivity contribution in [2.24, 2.45) is 0 Å². The van der Waals surface area contributed by atoms with Gasteiger partial charge in [-0.05, 0) is 96.3 Å². The summed E-state index contributed by atoms with van der Waals surface area (Å²) < 4.78 is 17.7. The van der Waals surface area contributed by atoms with Gasteiger partial charge >= 0.3 is 5.97 Å². The molecule has 1 heterocycles. The first kappa shape index (κ1) is 80.1. The highest BCUT2D eigenvalue weighted by molar-refractivity contribution is 5.80. The lowest BCUT2D eigenvalue weighted by Gasteiger charge is -2.41. The van der Waals surface area contributed by atoms with Crippen LogP contribution in [-0.2, 0) is 23.8 Å². The maximum absolute atomic E-state index is 13.5. The molecule has 0 radical (unpaired) electrons. The van der Waals surface area contributed by atoms with Crippen LogP contribution in [0.15, 0.2) is 72.9 Å². The number of aliphatic hydroxyl groups is 5. The Kier molecular flexibility index (Phi) is 57.8. The molecule has 1 aliphatic rings. The molecule has 0 aromatic rings. The first-order chi connectivity index (χ1) is 41.7. The van der Waals surface area contributed by atoms with Crippen LogP contribution in [0.3, 0.4) is 0 Å². The summed E-state index contributed by atoms with van der Waals surface area (Å²) in [5, 5.41) is 57.3. The predicted octanol–water partition coefficient (Wildman–Crippen LogP) is 18.3. The standard InChI is InChI=1S/C74H133NO10/c1-4-7-10-13-16-19-22-25-27-29-31-32-33-34-35-37-38-40-43-46-49-52-55-58-61-67(78)73(82)75-65(66(77)60-57-54-51-48-45-42-24-21-18-15-12-9-6-3)64-83-74-72(71(81)70(80)68(63-76)84-74)85-69(79)62-59-56-53-50-47-44-41-39-36-30-28-26-23-20-17-14-11-8-5-2/h16-17,19-20,25-28,31-32,57,60,65-68,70-72,74,76-78,80-81H,4-15,18,21-24,29-30,33-56,58-59,61-64H2,1-3H3,(H,75,82)/b19-16-,20-17-,27-25-,28-26-,32-31-,60-57+. The van der Waals surface area contributed by atoms with Gasteiger partial charge in [-0.15, -0.1) is 0 Å². The number of hydrogen-bond acceptors (Lipinski definition) is 10. The monoisotopic (exact) mass is 1200 g/mol. The molecule has 8 atom stereocenters. The SMILES string of the molecule is CCCCC/C=C\C/C=C\C/C=C\CCCCCCCCCCCCCC(O)C(=O)NC(COC1OC(CO)C(O)C(O)C1OC(=O)CCCCCCCCCCC/C=C\C/C=C\CCCCC)C(O)/C=C/CCCCCCCCCCCCC. The molecular weight excluding hydrogens is 1060 g/mol. The molecular formula is C74H133NO10. The first-order valence-electron chi connectivity index (χ1n) is 35.7. The van der Waals surface area contributed by atoms with E-state index in [2.05, 4.69) is 86.8 Å². The molecule has 0 spiro atoms. The molecule has 0 aromatic carbocycles. The van der Waals surface area contributed by atoms with E-state index in [-0.39, 0.29) is 19.4 Å². The van der Waals surface area contributed by atoms with Crippen LogP contribution < -0.4 is 5.32 Å². The quantitative estimate of drug-likeness (QED) is 0.0195. The maximum Gasteiger partial charge on any atom is 0.306 e. The number of hydrogen-bond donors (Lipinski definition) is 6. The number of nitrogens with one attached hydrogen (secondary N) is 1. The lowest BCUT2D eigenvalue weighted by atomic mass is 9.99. The van der Waals surface area contributed by atoms with Crippen LogP contribution in [0.2, 0.25) is 0 Å². The zero-order chi connectivity index (χ0) is 61.7. The van der Waals surface area contributed by atoms with E-state index in [0.29, 0.717) is 12.8 Å². The van der Waals surface area contributed by atoms with Crippen molar-refractivity contribution < 1.29 is 49.3 Å². The normalized spacial score (nSPS) is 18.8. The maximum atomic E-state index is 13.5. The largest absolute Gasteiger partial charge is 0.454 e. The Hall–Kier alpha value is -2.90. The van der Waals surface area contributed by atoms with Gasteiger partial charge in [-0.2, -0.15) is 0 Å². The van der Waals surface area contributed by atoms with Gasteiger partial charge in [0.2, 0.25) is 5.91 Å². The van der Waals surface area contributed by atoms with Gasteiger partial charge in [-0.3, -0.25) is 9.59 Å². The number of esters is 1. The molecule has 494 valence electrons. The molecule has 6 N–H and O–H groups in total. The molecule has 1 saturated heterocycles. The summed E-state index contributed by atoms with van der Waals surface area (Å²) in [7, 11) is 0. The molecule has 8 unspecified atom stereocenters. The fourth-order valence-electron chi connectivity index (χ4n) is 10.9. The van der Waals surface area contributed by atoms with Gasteiger partial charge in [0.25, 0.3) is 0 Å². The lowest BCUT2D eigenvalue weighted by molar-refractivity contribution is -0.305. The molecule has 1 fully saturated rings. The van der Waals surface area contributed by atoms with Gasteiger partial charge < -0.3 is 45.1 Å². The van der Waals surface area contributed by atoms with Gasteiger partial charge in [0.15, 0.2) is 12.4 Å². The van der Waals surface area contributed by atoms with E-state index in [1.165, 1.54) is 186 Å². The Balaban J connectivity index is 2.60. The molecule has 1 aliphatic heterocycles. The van der Waals surface area contributed by atoms with E-state index >= 15 is 0 Å². The first-order valence-corrected chi connectivity index (χ1v) is 35.7. The number of amides is 1. The summed E-state index contributed by atoms with van der Waals surface area (Å²) in [6.45, 7) is 5.77. The fraction of sp³-hybridized carbons (Fsp3) is 0.811. The topological polar surface area (TPSA) is 175 Å². The highest BCUT2D eigenvalue weighted by atomic mass is 16.7. The fourth-order valence-corrected chi connectivity index (χ4v) is 10.9. The molecule has 1 rings (SSSR count). The zero-order valence-electron chi connectivity index (χ0n) is 55.0. The number of ether oxygens (including phenoxy) is 3. The molecule has 0 bridgehead atoms. The van der Waals surface area contributed by atoms with Gasteiger partial charge in [0.1, 0.15) is 24.4 Å². The minimum Gasteiger partial charge on any atom is -0.454 e. The summed E-state index contributed by atoms with van der Waals surface area (Å²) in [5.41, 5.74) is 0. The highest BCUT2D eigenvalue weighted by Crippen LogP contribution is 2.26. The second-order valence-corrected chi connectivity index (χ2v) is 24.6. The van der Waals surface area contributed by atoms with Crippen LogP contribution in [0.5, 0.6) is 0 Å². The Bertz CT molecular complexity index is 1660. The van der Waals surface area contributed by atoms with Crippen molar-refractivity contribution in [3.8, 4) is 0 Å². The number of unbranched alkanes of at least 4 members (excludes halogenated alkanes) is 37. The van der Waals surface area contributed by atoms with Gasteiger partial charge in [-0.1, -0.05) is 293 Å². The Morgan fingerprint density at radius 3 is 1.24 bits per heavy atom. The molecule has 85 heavy (non-hydrogen) atoms. The summed E-state index contributed by atoms with van der Waals surface area (Å²) >= 11 is 0. The Morgan fingerprint density at radius 1 is 0.459 bits per heavy atom. The summed E-state index contributed by atoms with van der Waals surface area (Å²) in [4.78, 5) is 26.7. The third-order valence-corrected chi connectivity index (χ3v) is 16.6. The predicted molar refractivity (Wildman–Crippen MR) is 356 cm³/mol. The third-order valence-electron chi connectivity index (χ3n) is 16.6. The number of allylic oxidation sites excluding steroid dienone is 11. The Morgan fingerprint density at radius 2 is 0.812 bits per heavy atom. The minimum atomic E-state index is -1.62. The molecule has 11 nitrogen and oxygen atoms in total. The number of rotatable bonds is 61. The number of aliphatic hydroxyl groups excluding tert-OH is 5. The summed E-state index contributed by atoms with van der Waals surface area (Å²) in [6.07, 6.45) is 69.3. The lowest BCUT2D eigenvalue weighted by Crippen LogP contribution is -2.61. The summed E-state index contributed by atoms with van der Waals surface area (Å²) in [6, 6.07) is -1.03. The van der Waals surface area contributed by atoms with E-state index < -0.39 is 67.4 Å². The average molecular weight is 1200 g/mol. The zero-order valence-corrected chi connectivity index (χ0v) is 55.0. The van der Waals surface area contributed by atoms with Crippen molar-refractivity contribution in [3.05, 3.63) is 72.9 Å². The second kappa shape index (κ2) is 61.3. The minimum absolute atomic E-state index is 0.118. The van der Waals surface area contributed by atoms with Crippen molar-refractivity contribution >= 4 is 11.9 Å². The van der Waals surface area contributed by atoms with E-state index in [1.807, 2.05) is 6.08 Å². The van der Waals surface area contributed by atoms with E-state index in [0.717, 1.165) is 89.9 Å². The van der Waals surface area contributed by atoms with E-state index in [1.54, 1.807) is 6.08 Å². The van der Waals surface area contributed by atoms with Crippen LogP contribution in [0.1, 0.15) is 323 Å². The number of carbonyl (C=O) groups is 2. The van der Waals surface area contributed by atoms with Crippen molar-refractivity contribution in [2.75, 3.05) is 13.2 Å². The second-order valence-electron chi connectivity index (χ2n) is 24.6. The molecule has 0 aromatic heterocycles. The summed E-state index contributed by atoms with van der Waals surface area (Å²) in [5.74, 6) is -1.19. The smallest absolute Gasteiger partial charge is 0.306 e. The van der Waals surface area contributed by atoms with Gasteiger partial charge in [0.05, 0.1) is 25.4 Å². The van der Waals surface area contributed by atoms with Crippen molar-refractivity contribution in [1.29, 1.82) is 0 Å². The molecule has 0 saturated carbocycles. The van der Waals surface area contributed by atoms with Crippen molar-refractivity contribution in [3.63, 3.8) is 0 Å².